The van der Waals surface area contributed by atoms with Gasteiger partial charge in [-0.1, -0.05) is 23.4 Å². The van der Waals surface area contributed by atoms with Crippen LogP contribution in [-0.4, -0.2) is 33.9 Å². The molecule has 0 unspecified atom stereocenters. The maximum absolute atomic E-state index is 11.7. The number of anilines is 1. The summed E-state index contributed by atoms with van der Waals surface area (Å²) in [6, 6.07) is 0. The minimum absolute atomic E-state index is 0.224. The number of hydrogen-bond acceptors (Lipinski definition) is 6. The first-order valence-corrected chi connectivity index (χ1v) is 6.55. The maximum atomic E-state index is 11.7. The molecule has 8 heteroatoms. The van der Waals surface area contributed by atoms with E-state index in [1.54, 1.807) is 11.6 Å². The smallest absolute Gasteiger partial charge is 0.356 e. The third-order valence-corrected chi connectivity index (χ3v) is 3.39. The predicted molar refractivity (Wildman–Crippen MR) is 71.1 cm³/mol. The molecule has 0 atom stereocenters. The first kappa shape index (κ1) is 13.0. The fourth-order valence-corrected chi connectivity index (χ4v) is 2.39. The third-order valence-electron chi connectivity index (χ3n) is 2.56. The fraction of sp³-hybridized carbons (Fsp3) is 0.300. The van der Waals surface area contributed by atoms with E-state index < -0.39 is 5.97 Å². The van der Waals surface area contributed by atoms with E-state index in [9.17, 15) is 4.79 Å². The molecule has 0 amide bonds. The summed E-state index contributed by atoms with van der Waals surface area (Å²) in [6.45, 7) is 0. The standard InChI is InChI=1S/C10H11ClN4O2S/c1-15-6(9(16)17-2)5(12)4-7(11)13-10(18-3)14-8(4)15/h12H2,1-3H3. The Morgan fingerprint density at radius 1 is 1.50 bits per heavy atom. The largest absolute Gasteiger partial charge is 0.464 e. The van der Waals surface area contributed by atoms with Crippen molar-refractivity contribution in [3.8, 4) is 0 Å². The number of thioether (sulfide) groups is 1. The van der Waals surface area contributed by atoms with Crippen molar-refractivity contribution >= 4 is 46.1 Å². The number of aryl methyl sites for hydroxylation is 1. The Bertz CT molecular complexity index is 641. The molecule has 0 saturated heterocycles. The second-order valence-corrected chi connectivity index (χ2v) is 4.64. The van der Waals surface area contributed by atoms with Gasteiger partial charge < -0.3 is 15.0 Å². The van der Waals surface area contributed by atoms with E-state index >= 15 is 0 Å². The number of fused-ring (bicyclic) bond motifs is 1. The molecule has 0 aliphatic carbocycles. The third kappa shape index (κ3) is 1.79. The normalized spacial score (nSPS) is 10.9. The Balaban J connectivity index is 2.85. The zero-order valence-electron chi connectivity index (χ0n) is 10.0. The average Bonchev–Trinajstić information content (AvgIpc) is 2.61. The number of nitrogen functional groups attached to an aromatic ring is 1. The van der Waals surface area contributed by atoms with E-state index in [-0.39, 0.29) is 16.5 Å². The van der Waals surface area contributed by atoms with Gasteiger partial charge in [-0.2, -0.15) is 0 Å². The number of carbonyl (C=O) groups excluding carboxylic acids is 1. The summed E-state index contributed by atoms with van der Waals surface area (Å²) in [5.74, 6) is -0.533. The van der Waals surface area contributed by atoms with Crippen LogP contribution in [0.1, 0.15) is 10.5 Å². The second kappa shape index (κ2) is 4.66. The number of ether oxygens (including phenoxy) is 1. The molecule has 0 aliphatic heterocycles. The van der Waals surface area contributed by atoms with Crippen LogP contribution < -0.4 is 5.73 Å². The molecule has 2 aromatic heterocycles. The Labute approximate surface area is 112 Å². The van der Waals surface area contributed by atoms with Crippen LogP contribution in [0, 0.1) is 0 Å². The van der Waals surface area contributed by atoms with E-state index in [0.717, 1.165) is 0 Å². The van der Waals surface area contributed by atoms with Gasteiger partial charge in [0, 0.05) is 7.05 Å². The van der Waals surface area contributed by atoms with E-state index in [1.807, 2.05) is 6.26 Å². The average molecular weight is 287 g/mol. The summed E-state index contributed by atoms with van der Waals surface area (Å²) < 4.78 is 6.25. The minimum atomic E-state index is -0.533. The van der Waals surface area contributed by atoms with Crippen LogP contribution in [0.5, 0.6) is 0 Å². The van der Waals surface area contributed by atoms with Crippen molar-refractivity contribution in [1.29, 1.82) is 0 Å². The lowest BCUT2D eigenvalue weighted by Gasteiger charge is -2.02. The van der Waals surface area contributed by atoms with E-state index in [2.05, 4.69) is 14.7 Å². The van der Waals surface area contributed by atoms with Crippen molar-refractivity contribution in [1.82, 2.24) is 14.5 Å². The Hall–Kier alpha value is -1.47. The molecule has 0 saturated carbocycles. The summed E-state index contributed by atoms with van der Waals surface area (Å²) in [6.07, 6.45) is 1.84. The van der Waals surface area contributed by atoms with E-state index in [0.29, 0.717) is 16.2 Å². The molecule has 2 rings (SSSR count). The number of aromatic nitrogens is 3. The van der Waals surface area contributed by atoms with Crippen LogP contribution in [0.25, 0.3) is 11.0 Å². The number of carbonyl (C=O) groups is 1. The van der Waals surface area contributed by atoms with E-state index in [1.165, 1.54) is 18.9 Å². The number of nitrogens with zero attached hydrogens (tertiary/aromatic N) is 3. The van der Waals surface area contributed by atoms with Crippen molar-refractivity contribution in [2.45, 2.75) is 5.16 Å². The van der Waals surface area contributed by atoms with Crippen LogP contribution >= 0.6 is 23.4 Å². The van der Waals surface area contributed by atoms with Gasteiger partial charge in [-0.15, -0.1) is 0 Å². The van der Waals surface area contributed by atoms with Crippen LogP contribution in [0.2, 0.25) is 5.15 Å². The fourth-order valence-electron chi connectivity index (χ4n) is 1.72. The number of hydrogen-bond donors (Lipinski definition) is 1. The molecule has 0 aliphatic rings. The van der Waals surface area contributed by atoms with Crippen LogP contribution in [-0.2, 0) is 11.8 Å². The van der Waals surface area contributed by atoms with Gasteiger partial charge in [0.2, 0.25) is 0 Å². The summed E-state index contributed by atoms with van der Waals surface area (Å²) >= 11 is 7.43. The first-order valence-electron chi connectivity index (χ1n) is 4.95. The molecule has 0 fully saturated rings. The summed E-state index contributed by atoms with van der Waals surface area (Å²) in [7, 11) is 2.97. The number of methoxy groups -OCH3 is 1. The van der Waals surface area contributed by atoms with Gasteiger partial charge in [0.25, 0.3) is 0 Å². The van der Waals surface area contributed by atoms with Crippen molar-refractivity contribution in [2.24, 2.45) is 7.05 Å². The predicted octanol–water partition coefficient (Wildman–Crippen LogP) is 1.71. The molecule has 2 N–H and O–H groups in total. The van der Waals surface area contributed by atoms with Gasteiger partial charge in [0.05, 0.1) is 18.2 Å². The second-order valence-electron chi connectivity index (χ2n) is 3.51. The zero-order valence-corrected chi connectivity index (χ0v) is 11.6. The highest BCUT2D eigenvalue weighted by Gasteiger charge is 2.23. The zero-order chi connectivity index (χ0) is 13.4. The molecule has 0 spiro atoms. The number of nitrogens with two attached hydrogens (primary N) is 1. The minimum Gasteiger partial charge on any atom is -0.464 e. The number of esters is 1. The lowest BCUT2D eigenvalue weighted by molar-refractivity contribution is 0.0591. The van der Waals surface area contributed by atoms with Crippen LogP contribution in [0.4, 0.5) is 5.69 Å². The van der Waals surface area contributed by atoms with Gasteiger partial charge >= 0.3 is 5.97 Å². The van der Waals surface area contributed by atoms with Crippen molar-refractivity contribution in [3.63, 3.8) is 0 Å². The van der Waals surface area contributed by atoms with Gasteiger partial charge in [-0.25, -0.2) is 14.8 Å². The van der Waals surface area contributed by atoms with Crippen molar-refractivity contribution < 1.29 is 9.53 Å². The molecular formula is C10H11ClN4O2S. The molecule has 0 aromatic carbocycles. The Morgan fingerprint density at radius 2 is 2.17 bits per heavy atom. The van der Waals surface area contributed by atoms with Crippen molar-refractivity contribution in [2.75, 3.05) is 19.1 Å². The highest BCUT2D eigenvalue weighted by atomic mass is 35.5. The Kier molecular flexibility index (Phi) is 3.36. The van der Waals surface area contributed by atoms with Gasteiger partial charge in [0.1, 0.15) is 10.8 Å². The number of halogens is 1. The Morgan fingerprint density at radius 3 is 2.72 bits per heavy atom. The molecule has 96 valence electrons. The summed E-state index contributed by atoms with van der Waals surface area (Å²) in [5, 5.41) is 1.22. The van der Waals surface area contributed by atoms with Crippen molar-refractivity contribution in [3.05, 3.63) is 10.8 Å². The maximum Gasteiger partial charge on any atom is 0.356 e. The lowest BCUT2D eigenvalue weighted by Crippen LogP contribution is -2.10. The van der Waals surface area contributed by atoms with Crippen LogP contribution in [0.15, 0.2) is 5.16 Å². The first-order chi connectivity index (χ1) is 8.51. The van der Waals surface area contributed by atoms with Gasteiger partial charge in [0.15, 0.2) is 10.9 Å². The molecule has 0 radical (unpaired) electrons. The number of rotatable bonds is 2. The molecule has 2 heterocycles. The molecule has 18 heavy (non-hydrogen) atoms. The van der Waals surface area contributed by atoms with Crippen LogP contribution in [0.3, 0.4) is 0 Å². The molecule has 2 aromatic rings. The summed E-state index contributed by atoms with van der Waals surface area (Å²) in [4.78, 5) is 20.1. The van der Waals surface area contributed by atoms with E-state index in [4.69, 9.17) is 17.3 Å². The molecule has 6 nitrogen and oxygen atoms in total. The lowest BCUT2D eigenvalue weighted by atomic mass is 10.3. The van der Waals surface area contributed by atoms with Gasteiger partial charge in [-0.05, 0) is 6.26 Å². The topological polar surface area (TPSA) is 83.0 Å². The molecule has 0 bridgehead atoms. The summed E-state index contributed by atoms with van der Waals surface area (Å²) in [5.41, 5.74) is 6.88. The monoisotopic (exact) mass is 286 g/mol. The quantitative estimate of drug-likeness (QED) is 0.392. The van der Waals surface area contributed by atoms with Gasteiger partial charge in [-0.3, -0.25) is 0 Å². The molecular weight excluding hydrogens is 276 g/mol. The highest BCUT2D eigenvalue weighted by Crippen LogP contribution is 2.32. The highest BCUT2D eigenvalue weighted by molar-refractivity contribution is 7.98. The SMILES string of the molecule is COC(=O)c1c(N)c2c(Cl)nc(SC)nc2n1C.